The van der Waals surface area contributed by atoms with Crippen molar-refractivity contribution in [2.45, 2.75) is 19.4 Å². The number of amides is 1. The van der Waals surface area contributed by atoms with Crippen LogP contribution in [0.5, 0.6) is 0 Å². The highest BCUT2D eigenvalue weighted by Crippen LogP contribution is 2.08. The molecule has 0 aromatic rings. The number of hydrogen-bond donors (Lipinski definition) is 0. The van der Waals surface area contributed by atoms with Gasteiger partial charge >= 0.3 is 0 Å². The van der Waals surface area contributed by atoms with E-state index < -0.39 is 0 Å². The maximum absolute atomic E-state index is 11.2. The molecule has 0 N–H and O–H groups in total. The smallest absolute Gasteiger partial charge is 0.237 e. The van der Waals surface area contributed by atoms with E-state index in [-0.39, 0.29) is 11.8 Å². The van der Waals surface area contributed by atoms with Gasteiger partial charge in [-0.1, -0.05) is 6.92 Å². The second-order valence-electron chi connectivity index (χ2n) is 2.66. The molecule has 1 amide bonds. The minimum atomic E-state index is 0.0116. The largest absolute Gasteiger partial charge is 0.341 e. The van der Waals surface area contributed by atoms with Crippen LogP contribution in [-0.2, 0) is 4.79 Å². The minimum Gasteiger partial charge on any atom is -0.341 e. The zero-order valence-corrected chi connectivity index (χ0v) is 9.41. The molecule has 1 unspecified atom stereocenters. The van der Waals surface area contributed by atoms with Crippen molar-refractivity contribution in [2.24, 2.45) is 0 Å². The number of alkyl halides is 1. The van der Waals surface area contributed by atoms with E-state index in [1.54, 1.807) is 16.7 Å². The molecule has 0 spiro atoms. The Morgan fingerprint density at radius 1 is 1.67 bits per heavy atom. The molecule has 0 saturated heterocycles. The van der Waals surface area contributed by atoms with Crippen molar-refractivity contribution in [1.82, 2.24) is 4.90 Å². The minimum absolute atomic E-state index is 0.0116. The molecular weight excluding hydrogens is 194 g/mol. The van der Waals surface area contributed by atoms with Crippen molar-refractivity contribution in [3.63, 3.8) is 0 Å². The lowest BCUT2D eigenvalue weighted by Gasteiger charge is -2.25. The van der Waals surface area contributed by atoms with Gasteiger partial charge in [0.25, 0.3) is 0 Å². The van der Waals surface area contributed by atoms with Gasteiger partial charge in [0, 0.05) is 18.8 Å². The molecule has 0 aromatic heterocycles. The van der Waals surface area contributed by atoms with Crippen LogP contribution in [0.1, 0.15) is 13.3 Å². The zero-order chi connectivity index (χ0) is 9.56. The molecule has 1 atom stereocenters. The van der Waals surface area contributed by atoms with Gasteiger partial charge < -0.3 is 4.90 Å². The molecule has 0 aromatic carbocycles. The lowest BCUT2D eigenvalue weighted by atomic mass is 10.2. The molecule has 0 heterocycles. The summed E-state index contributed by atoms with van der Waals surface area (Å²) in [5.74, 6) is 1.08. The summed E-state index contributed by atoms with van der Waals surface area (Å²) >= 11 is 7.20. The van der Waals surface area contributed by atoms with E-state index in [0.29, 0.717) is 6.04 Å². The Morgan fingerprint density at radius 3 is 2.58 bits per heavy atom. The molecular formula is C8H16ClNOS. The molecule has 0 aliphatic carbocycles. The normalized spacial score (nSPS) is 12.7. The molecule has 0 saturated carbocycles. The van der Waals surface area contributed by atoms with E-state index in [2.05, 4.69) is 6.92 Å². The van der Waals surface area contributed by atoms with Gasteiger partial charge in [-0.15, -0.1) is 11.6 Å². The third-order valence-corrected chi connectivity index (χ3v) is 2.83. The van der Waals surface area contributed by atoms with E-state index in [1.165, 1.54) is 0 Å². The molecule has 72 valence electrons. The van der Waals surface area contributed by atoms with Crippen molar-refractivity contribution in [2.75, 3.05) is 24.9 Å². The average molecular weight is 210 g/mol. The van der Waals surface area contributed by atoms with Crippen LogP contribution in [-0.4, -0.2) is 41.8 Å². The van der Waals surface area contributed by atoms with Crippen molar-refractivity contribution >= 4 is 29.3 Å². The topological polar surface area (TPSA) is 20.3 Å². The van der Waals surface area contributed by atoms with Crippen LogP contribution in [0.15, 0.2) is 0 Å². The lowest BCUT2D eigenvalue weighted by Crippen LogP contribution is -2.38. The van der Waals surface area contributed by atoms with Crippen molar-refractivity contribution in [3.8, 4) is 0 Å². The summed E-state index contributed by atoms with van der Waals surface area (Å²) in [6.45, 7) is 2.08. The molecule has 0 radical (unpaired) electrons. The van der Waals surface area contributed by atoms with Crippen LogP contribution in [0.2, 0.25) is 0 Å². The van der Waals surface area contributed by atoms with E-state index in [9.17, 15) is 4.79 Å². The van der Waals surface area contributed by atoms with E-state index in [4.69, 9.17) is 11.6 Å². The average Bonchev–Trinajstić information content (AvgIpc) is 2.11. The van der Waals surface area contributed by atoms with Crippen LogP contribution >= 0.6 is 23.4 Å². The Bertz CT molecular complexity index is 143. The maximum atomic E-state index is 11.2. The van der Waals surface area contributed by atoms with Gasteiger partial charge in [-0.25, -0.2) is 0 Å². The van der Waals surface area contributed by atoms with E-state index in [1.807, 2.05) is 13.3 Å². The van der Waals surface area contributed by atoms with Gasteiger partial charge in [0.1, 0.15) is 5.88 Å². The first kappa shape index (κ1) is 12.1. The Balaban J connectivity index is 4.00. The molecule has 2 nitrogen and oxygen atoms in total. The van der Waals surface area contributed by atoms with Crippen LogP contribution < -0.4 is 0 Å². The fourth-order valence-corrected chi connectivity index (χ4v) is 2.03. The molecule has 12 heavy (non-hydrogen) atoms. The summed E-state index contributed by atoms with van der Waals surface area (Å²) in [6, 6.07) is 0.325. The fraction of sp³-hybridized carbons (Fsp3) is 0.875. The predicted octanol–water partition coefficient (Wildman–Crippen LogP) is 1.83. The number of halogens is 1. The standard InChI is InChI=1S/C8H16ClNOS/c1-4-7(6-12-3)10(2)8(11)5-9/h7H,4-6H2,1-3H3. The van der Waals surface area contributed by atoms with E-state index >= 15 is 0 Å². The summed E-state index contributed by atoms with van der Waals surface area (Å²) in [6.07, 6.45) is 3.03. The molecule has 0 aliphatic heterocycles. The number of hydrogen-bond acceptors (Lipinski definition) is 2. The predicted molar refractivity (Wildman–Crippen MR) is 56.0 cm³/mol. The number of carbonyl (C=O) groups excluding carboxylic acids is 1. The third kappa shape index (κ3) is 3.68. The monoisotopic (exact) mass is 209 g/mol. The Morgan fingerprint density at radius 2 is 2.25 bits per heavy atom. The number of nitrogens with zero attached hydrogens (tertiary/aromatic N) is 1. The van der Waals surface area contributed by atoms with Crippen LogP contribution in [0.4, 0.5) is 0 Å². The fourth-order valence-electron chi connectivity index (χ4n) is 0.994. The summed E-state index contributed by atoms with van der Waals surface area (Å²) in [4.78, 5) is 12.9. The molecule has 4 heteroatoms. The summed E-state index contributed by atoms with van der Waals surface area (Å²) < 4.78 is 0. The first-order chi connectivity index (χ1) is 5.67. The van der Waals surface area contributed by atoms with Crippen LogP contribution in [0.3, 0.4) is 0 Å². The SMILES string of the molecule is CCC(CSC)N(C)C(=O)CCl. The van der Waals surface area contributed by atoms with Gasteiger partial charge in [-0.2, -0.15) is 11.8 Å². The Kier molecular flexibility index (Phi) is 6.67. The number of carbonyl (C=O) groups is 1. The highest BCUT2D eigenvalue weighted by Gasteiger charge is 2.16. The highest BCUT2D eigenvalue weighted by molar-refractivity contribution is 7.98. The van der Waals surface area contributed by atoms with Gasteiger partial charge in [0.05, 0.1) is 0 Å². The Hall–Kier alpha value is 0.110. The highest BCUT2D eigenvalue weighted by atomic mass is 35.5. The number of thioether (sulfide) groups is 1. The molecule has 0 fully saturated rings. The van der Waals surface area contributed by atoms with Crippen molar-refractivity contribution in [3.05, 3.63) is 0 Å². The van der Waals surface area contributed by atoms with Crippen LogP contribution in [0.25, 0.3) is 0 Å². The first-order valence-corrected chi connectivity index (χ1v) is 5.90. The maximum Gasteiger partial charge on any atom is 0.237 e. The van der Waals surface area contributed by atoms with Gasteiger partial charge in [-0.05, 0) is 12.7 Å². The molecule has 0 rings (SSSR count). The van der Waals surface area contributed by atoms with Crippen LogP contribution in [0, 0.1) is 0 Å². The molecule has 0 aliphatic rings. The summed E-state index contributed by atoms with van der Waals surface area (Å²) in [5.41, 5.74) is 0. The van der Waals surface area contributed by atoms with Crippen molar-refractivity contribution in [1.29, 1.82) is 0 Å². The number of rotatable bonds is 5. The van der Waals surface area contributed by atoms with Gasteiger partial charge in [0.2, 0.25) is 5.91 Å². The van der Waals surface area contributed by atoms with Gasteiger partial charge in [-0.3, -0.25) is 4.79 Å². The van der Waals surface area contributed by atoms with E-state index in [0.717, 1.165) is 12.2 Å². The second kappa shape index (κ2) is 6.61. The second-order valence-corrected chi connectivity index (χ2v) is 3.83. The van der Waals surface area contributed by atoms with Crippen molar-refractivity contribution < 1.29 is 4.79 Å². The molecule has 0 bridgehead atoms. The lowest BCUT2D eigenvalue weighted by molar-refractivity contribution is -0.128. The summed E-state index contributed by atoms with van der Waals surface area (Å²) in [5, 5.41) is 0. The Labute approximate surface area is 83.6 Å². The zero-order valence-electron chi connectivity index (χ0n) is 7.84. The van der Waals surface area contributed by atoms with Gasteiger partial charge in [0.15, 0.2) is 0 Å². The first-order valence-electron chi connectivity index (χ1n) is 3.97. The summed E-state index contributed by atoms with van der Waals surface area (Å²) in [7, 11) is 1.81. The third-order valence-electron chi connectivity index (χ3n) is 1.89. The quantitative estimate of drug-likeness (QED) is 0.644.